The Hall–Kier alpha value is -1.56. The van der Waals surface area contributed by atoms with Crippen LogP contribution in [0, 0.1) is 0 Å². The second-order valence-corrected chi connectivity index (χ2v) is 5.28. The van der Waals surface area contributed by atoms with Crippen LogP contribution in [0.5, 0.6) is 0 Å². The molecular weight excluding hydrogens is 324 g/mol. The van der Waals surface area contributed by atoms with E-state index in [1.54, 1.807) is 6.92 Å². The zero-order chi connectivity index (χ0) is 15.0. The molecule has 1 unspecified atom stereocenters. The second-order valence-electron chi connectivity index (χ2n) is 4.36. The van der Waals surface area contributed by atoms with Gasteiger partial charge in [0, 0.05) is 15.9 Å². The first-order valence-electron chi connectivity index (χ1n) is 6.15. The van der Waals surface area contributed by atoms with Crippen molar-refractivity contribution in [2.45, 2.75) is 18.9 Å². The first kappa shape index (κ1) is 16.5. The van der Waals surface area contributed by atoms with Crippen molar-refractivity contribution in [3.05, 3.63) is 44.7 Å². The third-order valence-electron chi connectivity index (χ3n) is 2.97. The Bertz CT molecular complexity index is 517. The van der Waals surface area contributed by atoms with E-state index in [0.29, 0.717) is 19.5 Å². The highest BCUT2D eigenvalue weighted by Crippen LogP contribution is 2.25. The van der Waals surface area contributed by atoms with Crippen molar-refractivity contribution >= 4 is 21.9 Å². The lowest BCUT2D eigenvalue weighted by Gasteiger charge is -2.28. The van der Waals surface area contributed by atoms with Gasteiger partial charge in [0.05, 0.1) is 7.11 Å². The van der Waals surface area contributed by atoms with E-state index in [1.807, 2.05) is 24.3 Å². The molecule has 1 N–H and O–H groups in total. The third kappa shape index (κ3) is 4.23. The molecule has 1 aromatic carbocycles. The summed E-state index contributed by atoms with van der Waals surface area (Å²) in [6, 6.07) is 7.49. The van der Waals surface area contributed by atoms with Crippen LogP contribution in [-0.4, -0.2) is 26.2 Å². The van der Waals surface area contributed by atoms with Gasteiger partial charge in [-0.05, 0) is 43.1 Å². The van der Waals surface area contributed by atoms with Gasteiger partial charge in [-0.3, -0.25) is 5.32 Å². The minimum atomic E-state index is -0.936. The van der Waals surface area contributed by atoms with E-state index in [4.69, 9.17) is 10.3 Å². The van der Waals surface area contributed by atoms with Crippen LogP contribution in [0.25, 0.3) is 10.4 Å². The Labute approximate surface area is 126 Å². The van der Waals surface area contributed by atoms with Crippen molar-refractivity contribution in [1.82, 2.24) is 5.32 Å². The van der Waals surface area contributed by atoms with Crippen molar-refractivity contribution in [1.29, 1.82) is 0 Å². The van der Waals surface area contributed by atoms with Crippen molar-refractivity contribution in [2.24, 2.45) is 5.11 Å². The summed E-state index contributed by atoms with van der Waals surface area (Å²) in [5, 5.41) is 6.63. The maximum Gasteiger partial charge on any atom is 0.330 e. The van der Waals surface area contributed by atoms with Gasteiger partial charge in [-0.25, -0.2) is 4.79 Å². The molecule has 0 heterocycles. The van der Waals surface area contributed by atoms with E-state index in [9.17, 15) is 4.79 Å². The van der Waals surface area contributed by atoms with Crippen molar-refractivity contribution < 1.29 is 9.53 Å². The van der Waals surface area contributed by atoms with Crippen molar-refractivity contribution in [3.63, 3.8) is 0 Å². The number of hydrogen-bond acceptors (Lipinski definition) is 4. The SMILES string of the molecule is COC(=O)C(C)(NCCCN=[N+]=[N-])c1cccc(Br)c1. The fourth-order valence-electron chi connectivity index (χ4n) is 1.83. The standard InChI is InChI=1S/C13H17BrN4O2/c1-13(12(19)20-2,16-7-4-8-17-18-15)10-5-3-6-11(14)9-10/h3,5-6,9,16H,4,7-8H2,1-2H3. The molecule has 0 aromatic heterocycles. The molecule has 1 atom stereocenters. The van der Waals surface area contributed by atoms with E-state index in [2.05, 4.69) is 31.3 Å². The zero-order valence-corrected chi connectivity index (χ0v) is 13.1. The van der Waals surface area contributed by atoms with Crippen LogP contribution in [0.15, 0.2) is 33.9 Å². The molecule has 0 fully saturated rings. The van der Waals surface area contributed by atoms with Crippen LogP contribution in [-0.2, 0) is 15.1 Å². The van der Waals surface area contributed by atoms with Crippen LogP contribution in [0.3, 0.4) is 0 Å². The van der Waals surface area contributed by atoms with Gasteiger partial charge in [-0.1, -0.05) is 33.2 Å². The Morgan fingerprint density at radius 1 is 1.60 bits per heavy atom. The molecule has 0 aliphatic rings. The number of rotatable bonds is 7. The van der Waals surface area contributed by atoms with E-state index in [1.165, 1.54) is 7.11 Å². The molecule has 0 aliphatic carbocycles. The Morgan fingerprint density at radius 2 is 2.35 bits per heavy atom. The topological polar surface area (TPSA) is 87.1 Å². The first-order chi connectivity index (χ1) is 9.54. The van der Waals surface area contributed by atoms with Gasteiger partial charge < -0.3 is 4.74 Å². The highest BCUT2D eigenvalue weighted by atomic mass is 79.9. The molecule has 0 saturated carbocycles. The molecule has 0 aliphatic heterocycles. The lowest BCUT2D eigenvalue weighted by molar-refractivity contribution is -0.148. The lowest BCUT2D eigenvalue weighted by atomic mass is 9.92. The molecule has 1 aromatic rings. The summed E-state index contributed by atoms with van der Waals surface area (Å²) in [5.41, 5.74) is 8.09. The number of nitrogens with one attached hydrogen (secondary N) is 1. The van der Waals surface area contributed by atoms with Gasteiger partial charge in [0.1, 0.15) is 5.54 Å². The minimum Gasteiger partial charge on any atom is -0.467 e. The smallest absolute Gasteiger partial charge is 0.330 e. The summed E-state index contributed by atoms with van der Waals surface area (Å²) in [6.07, 6.45) is 0.643. The van der Waals surface area contributed by atoms with Crippen LogP contribution in [0.1, 0.15) is 18.9 Å². The minimum absolute atomic E-state index is 0.362. The maximum atomic E-state index is 12.1. The molecule has 0 amide bonds. The number of carbonyl (C=O) groups excluding carboxylic acids is 1. The molecule has 1 rings (SSSR count). The number of methoxy groups -OCH3 is 1. The van der Waals surface area contributed by atoms with E-state index in [0.717, 1.165) is 10.0 Å². The monoisotopic (exact) mass is 340 g/mol. The zero-order valence-electron chi connectivity index (χ0n) is 11.5. The van der Waals surface area contributed by atoms with Crippen LogP contribution >= 0.6 is 15.9 Å². The molecule has 6 nitrogen and oxygen atoms in total. The fourth-order valence-corrected chi connectivity index (χ4v) is 2.23. The normalized spacial score (nSPS) is 13.2. The highest BCUT2D eigenvalue weighted by Gasteiger charge is 2.35. The quantitative estimate of drug-likeness (QED) is 0.272. The molecular formula is C13H17BrN4O2. The number of benzene rings is 1. The van der Waals surface area contributed by atoms with E-state index in [-0.39, 0.29) is 5.97 Å². The largest absolute Gasteiger partial charge is 0.467 e. The lowest BCUT2D eigenvalue weighted by Crippen LogP contribution is -2.47. The van der Waals surface area contributed by atoms with Crippen molar-refractivity contribution in [3.8, 4) is 0 Å². The van der Waals surface area contributed by atoms with E-state index < -0.39 is 5.54 Å². The average molecular weight is 341 g/mol. The molecule has 0 radical (unpaired) electrons. The molecule has 7 heteroatoms. The molecule has 0 spiro atoms. The summed E-state index contributed by atoms with van der Waals surface area (Å²) in [5.74, 6) is -0.362. The fraction of sp³-hybridized carbons (Fsp3) is 0.462. The Kier molecular flexibility index (Phi) is 6.51. The highest BCUT2D eigenvalue weighted by molar-refractivity contribution is 9.10. The third-order valence-corrected chi connectivity index (χ3v) is 3.47. The number of hydrogen-bond donors (Lipinski definition) is 1. The van der Waals surface area contributed by atoms with Crippen molar-refractivity contribution in [2.75, 3.05) is 20.2 Å². The van der Waals surface area contributed by atoms with Gasteiger partial charge in [0.25, 0.3) is 0 Å². The summed E-state index contributed by atoms with van der Waals surface area (Å²) in [7, 11) is 1.36. The van der Waals surface area contributed by atoms with Gasteiger partial charge in [0.15, 0.2) is 0 Å². The van der Waals surface area contributed by atoms with Gasteiger partial charge in [0.2, 0.25) is 0 Å². The van der Waals surface area contributed by atoms with Crippen LogP contribution < -0.4 is 5.32 Å². The number of nitrogens with zero attached hydrogens (tertiary/aromatic N) is 3. The second kappa shape index (κ2) is 7.89. The summed E-state index contributed by atoms with van der Waals surface area (Å²) in [6.45, 7) is 2.70. The number of azide groups is 1. The summed E-state index contributed by atoms with van der Waals surface area (Å²) in [4.78, 5) is 14.8. The predicted molar refractivity (Wildman–Crippen MR) is 80.1 cm³/mol. The summed E-state index contributed by atoms with van der Waals surface area (Å²) >= 11 is 3.39. The van der Waals surface area contributed by atoms with Gasteiger partial charge in [-0.2, -0.15) is 0 Å². The Morgan fingerprint density at radius 3 is 2.95 bits per heavy atom. The maximum absolute atomic E-state index is 12.1. The molecule has 108 valence electrons. The molecule has 20 heavy (non-hydrogen) atoms. The van der Waals surface area contributed by atoms with Gasteiger partial charge >= 0.3 is 5.97 Å². The number of carbonyl (C=O) groups is 1. The number of esters is 1. The van der Waals surface area contributed by atoms with E-state index >= 15 is 0 Å². The Balaban J connectivity index is 2.86. The molecule has 0 saturated heterocycles. The number of ether oxygens (including phenoxy) is 1. The predicted octanol–water partition coefficient (Wildman–Crippen LogP) is 3.13. The average Bonchev–Trinajstić information content (AvgIpc) is 2.46. The van der Waals surface area contributed by atoms with Crippen LogP contribution in [0.4, 0.5) is 0 Å². The van der Waals surface area contributed by atoms with Gasteiger partial charge in [-0.15, -0.1) is 0 Å². The first-order valence-corrected chi connectivity index (χ1v) is 6.94. The molecule has 0 bridgehead atoms. The summed E-state index contributed by atoms with van der Waals surface area (Å²) < 4.78 is 5.78. The van der Waals surface area contributed by atoms with Crippen LogP contribution in [0.2, 0.25) is 0 Å². The number of halogens is 1.